The molecule has 0 radical (unpaired) electrons. The molecule has 0 bridgehead atoms. The van der Waals surface area contributed by atoms with Crippen molar-refractivity contribution >= 4 is 40.5 Å². The van der Waals surface area contributed by atoms with Gasteiger partial charge in [0.25, 0.3) is 5.91 Å². The molecular formula is C25H27FN2O2S2. The molecule has 0 saturated carbocycles. The molecule has 7 heteroatoms. The van der Waals surface area contributed by atoms with Crippen molar-refractivity contribution in [2.24, 2.45) is 0 Å². The van der Waals surface area contributed by atoms with E-state index in [2.05, 4.69) is 30.5 Å². The fourth-order valence-electron chi connectivity index (χ4n) is 4.42. The van der Waals surface area contributed by atoms with Crippen LogP contribution in [0.15, 0.2) is 57.1 Å². The quantitative estimate of drug-likeness (QED) is 0.496. The third kappa shape index (κ3) is 4.41. The highest BCUT2D eigenvalue weighted by molar-refractivity contribution is 8.01. The fourth-order valence-corrected chi connectivity index (χ4v) is 6.80. The molecule has 1 amide bonds. The van der Waals surface area contributed by atoms with E-state index in [1.54, 1.807) is 35.2 Å². The van der Waals surface area contributed by atoms with E-state index in [-0.39, 0.29) is 11.7 Å². The number of hydrogen-bond acceptors (Lipinski definition) is 5. The maximum atomic E-state index is 13.7. The van der Waals surface area contributed by atoms with Crippen molar-refractivity contribution in [1.82, 2.24) is 5.32 Å². The second-order valence-corrected chi connectivity index (χ2v) is 10.6. The molecule has 1 atom stereocenters. The number of hydrogen-bond donors (Lipinski definition) is 2. The topological polar surface area (TPSA) is 58.2 Å². The van der Waals surface area contributed by atoms with Crippen LogP contribution in [0.1, 0.15) is 56.4 Å². The Bertz CT molecular complexity index is 1130. The minimum Gasteiger partial charge on any atom is -0.362 e. The molecule has 4 rings (SSSR count). The zero-order chi connectivity index (χ0) is 22.8. The smallest absolute Gasteiger partial charge is 0.254 e. The Morgan fingerprint density at radius 2 is 2.09 bits per heavy atom. The van der Waals surface area contributed by atoms with Gasteiger partial charge in [0.15, 0.2) is 5.78 Å². The number of ketones is 1. The number of rotatable bonds is 6. The van der Waals surface area contributed by atoms with Crippen LogP contribution in [0.3, 0.4) is 0 Å². The summed E-state index contributed by atoms with van der Waals surface area (Å²) in [7, 11) is 0. The number of halogens is 1. The molecule has 4 nitrogen and oxygen atoms in total. The Hall–Kier alpha value is -2.38. The van der Waals surface area contributed by atoms with Crippen LogP contribution in [0, 0.1) is 5.82 Å². The first-order valence-corrected chi connectivity index (χ1v) is 12.8. The summed E-state index contributed by atoms with van der Waals surface area (Å²) in [4.78, 5) is 27.9. The van der Waals surface area contributed by atoms with Gasteiger partial charge in [-0.25, -0.2) is 4.39 Å². The molecule has 0 spiro atoms. The molecule has 1 aliphatic heterocycles. The summed E-state index contributed by atoms with van der Waals surface area (Å²) in [6, 6.07) is 8.03. The van der Waals surface area contributed by atoms with E-state index < -0.39 is 11.7 Å². The average molecular weight is 471 g/mol. The van der Waals surface area contributed by atoms with Gasteiger partial charge in [0.2, 0.25) is 0 Å². The second-order valence-electron chi connectivity index (χ2n) is 7.97. The molecule has 2 aliphatic rings. The van der Waals surface area contributed by atoms with Crippen molar-refractivity contribution in [2.45, 2.75) is 56.6 Å². The van der Waals surface area contributed by atoms with Gasteiger partial charge in [-0.1, -0.05) is 19.9 Å². The van der Waals surface area contributed by atoms with Crippen LogP contribution in [-0.4, -0.2) is 17.4 Å². The largest absolute Gasteiger partial charge is 0.362 e. The van der Waals surface area contributed by atoms with E-state index in [9.17, 15) is 14.0 Å². The average Bonchev–Trinajstić information content (AvgIpc) is 3.16. The van der Waals surface area contributed by atoms with Gasteiger partial charge in [-0.05, 0) is 61.8 Å². The molecule has 2 aromatic rings. The molecule has 168 valence electrons. The Labute approximate surface area is 196 Å². The number of carbonyl (C=O) groups excluding carboxylic acids is 2. The second kappa shape index (κ2) is 9.63. The number of allylic oxidation sites excluding steroid dienone is 3. The van der Waals surface area contributed by atoms with Gasteiger partial charge in [-0.2, -0.15) is 0 Å². The van der Waals surface area contributed by atoms with Gasteiger partial charge < -0.3 is 10.6 Å². The standard InChI is InChI=1S/C25H27FN2O2S2/c1-4-17-13-18(25(32-17)31-5-2)22-21(24(30)28-16-9-6-8-15(26)12-16)14(3)27-19-10-7-11-20(29)23(19)22/h6,8-9,12-13,22,27H,4-5,7,10-11H2,1-3H3,(H,28,30)/t22-/m1/s1. The van der Waals surface area contributed by atoms with E-state index >= 15 is 0 Å². The Balaban J connectivity index is 1.83. The Morgan fingerprint density at radius 1 is 1.28 bits per heavy atom. The Morgan fingerprint density at radius 3 is 2.81 bits per heavy atom. The summed E-state index contributed by atoms with van der Waals surface area (Å²) in [6.07, 6.45) is 3.01. The van der Waals surface area contributed by atoms with Crippen molar-refractivity contribution in [3.05, 3.63) is 69.1 Å². The highest BCUT2D eigenvalue weighted by atomic mass is 32.2. The minimum atomic E-state index is -0.418. The van der Waals surface area contributed by atoms with Crippen LogP contribution in [0.25, 0.3) is 0 Å². The zero-order valence-electron chi connectivity index (χ0n) is 18.5. The third-order valence-corrected chi connectivity index (χ3v) is 8.29. The van der Waals surface area contributed by atoms with Gasteiger partial charge in [-0.3, -0.25) is 9.59 Å². The van der Waals surface area contributed by atoms with Crippen molar-refractivity contribution < 1.29 is 14.0 Å². The van der Waals surface area contributed by atoms with Gasteiger partial charge in [-0.15, -0.1) is 23.1 Å². The highest BCUT2D eigenvalue weighted by Crippen LogP contribution is 2.47. The van der Waals surface area contributed by atoms with Gasteiger partial charge in [0.05, 0.1) is 4.21 Å². The number of amides is 1. The van der Waals surface area contributed by atoms with E-state index in [1.165, 1.54) is 17.0 Å². The number of carbonyl (C=O) groups is 2. The van der Waals surface area contributed by atoms with E-state index in [0.29, 0.717) is 23.3 Å². The molecule has 2 heterocycles. The van der Waals surface area contributed by atoms with Crippen LogP contribution in [0.2, 0.25) is 0 Å². The molecule has 0 unspecified atom stereocenters. The number of benzene rings is 1. The van der Waals surface area contributed by atoms with E-state index in [1.807, 2.05) is 6.92 Å². The molecule has 2 N–H and O–H groups in total. The molecule has 0 fully saturated rings. The first-order valence-electron chi connectivity index (χ1n) is 11.0. The molecule has 1 aliphatic carbocycles. The predicted molar refractivity (Wildman–Crippen MR) is 130 cm³/mol. The summed E-state index contributed by atoms with van der Waals surface area (Å²) in [5.41, 5.74) is 4.35. The van der Waals surface area contributed by atoms with Crippen molar-refractivity contribution in [3.8, 4) is 0 Å². The van der Waals surface area contributed by atoms with Crippen LogP contribution in [0.4, 0.5) is 10.1 Å². The number of thiophene rings is 1. The summed E-state index contributed by atoms with van der Waals surface area (Å²) >= 11 is 3.50. The number of aryl methyl sites for hydroxylation is 1. The SMILES string of the molecule is CCSc1sc(CC)cc1[C@@H]1C(C(=O)Nc2cccc(F)c2)=C(C)NC2=C1C(=O)CCC2. The first kappa shape index (κ1) is 22.8. The lowest BCUT2D eigenvalue weighted by Crippen LogP contribution is -2.35. The van der Waals surface area contributed by atoms with Crippen LogP contribution in [0.5, 0.6) is 0 Å². The van der Waals surface area contributed by atoms with Gasteiger partial charge in [0.1, 0.15) is 5.82 Å². The molecule has 0 saturated heterocycles. The molecular weight excluding hydrogens is 443 g/mol. The van der Waals surface area contributed by atoms with Crippen molar-refractivity contribution in [2.75, 3.05) is 11.1 Å². The number of nitrogens with one attached hydrogen (secondary N) is 2. The number of Topliss-reactive ketones (excluding diaryl/α,β-unsaturated/α-hetero) is 1. The maximum absolute atomic E-state index is 13.7. The van der Waals surface area contributed by atoms with E-state index in [0.717, 1.165) is 46.2 Å². The molecule has 32 heavy (non-hydrogen) atoms. The van der Waals surface area contributed by atoms with Crippen molar-refractivity contribution in [3.63, 3.8) is 0 Å². The van der Waals surface area contributed by atoms with Crippen LogP contribution < -0.4 is 10.6 Å². The summed E-state index contributed by atoms with van der Waals surface area (Å²) < 4.78 is 14.9. The molecule has 1 aromatic heterocycles. The number of thioether (sulfide) groups is 1. The molecule has 1 aromatic carbocycles. The number of dihydropyridines is 1. The lowest BCUT2D eigenvalue weighted by molar-refractivity contribution is -0.116. The van der Waals surface area contributed by atoms with Crippen LogP contribution >= 0.6 is 23.1 Å². The summed E-state index contributed by atoms with van der Waals surface area (Å²) in [6.45, 7) is 6.11. The summed E-state index contributed by atoms with van der Waals surface area (Å²) in [5, 5.41) is 6.20. The summed E-state index contributed by atoms with van der Waals surface area (Å²) in [5.74, 6) is -0.129. The van der Waals surface area contributed by atoms with Crippen LogP contribution in [-0.2, 0) is 16.0 Å². The number of anilines is 1. The maximum Gasteiger partial charge on any atom is 0.254 e. The predicted octanol–water partition coefficient (Wildman–Crippen LogP) is 6.17. The van der Waals surface area contributed by atoms with Crippen molar-refractivity contribution in [1.29, 1.82) is 0 Å². The highest BCUT2D eigenvalue weighted by Gasteiger charge is 2.40. The minimum absolute atomic E-state index is 0.101. The fraction of sp³-hybridized carbons (Fsp3) is 0.360. The Kier molecular flexibility index (Phi) is 6.86. The van der Waals surface area contributed by atoms with E-state index in [4.69, 9.17) is 0 Å². The first-order chi connectivity index (χ1) is 15.4. The third-order valence-electron chi connectivity index (χ3n) is 5.81. The van der Waals surface area contributed by atoms with Gasteiger partial charge >= 0.3 is 0 Å². The zero-order valence-corrected chi connectivity index (χ0v) is 20.1. The lowest BCUT2D eigenvalue weighted by atomic mass is 9.75. The monoisotopic (exact) mass is 470 g/mol. The van der Waals surface area contributed by atoms with Gasteiger partial charge in [0, 0.05) is 45.4 Å². The normalized spacial score (nSPS) is 18.5. The lowest BCUT2D eigenvalue weighted by Gasteiger charge is -2.34.